The Balaban J connectivity index is 2.24. The summed E-state index contributed by atoms with van der Waals surface area (Å²) < 4.78 is 38.6. The minimum atomic E-state index is -4.41. The Morgan fingerprint density at radius 1 is 1.10 bits per heavy atom. The van der Waals surface area contributed by atoms with Gasteiger partial charge in [-0.1, -0.05) is 29.8 Å². The molecular weight excluding hydrogens is 265 g/mol. The standard InChI is InChI=1S/C15H15F3N2/c1-10-5-7-12(8-6-10)11(2)20-14-13(15(16,17)18)4-3-9-19-14/h3-9,11H,1-2H3,(H,19,20). The van der Waals surface area contributed by atoms with Gasteiger partial charge in [0.2, 0.25) is 0 Å². The molecule has 20 heavy (non-hydrogen) atoms. The third-order valence-corrected chi connectivity index (χ3v) is 3.04. The van der Waals surface area contributed by atoms with Gasteiger partial charge in [-0.15, -0.1) is 0 Å². The third kappa shape index (κ3) is 3.29. The Hall–Kier alpha value is -2.04. The summed E-state index contributed by atoms with van der Waals surface area (Å²) in [6.45, 7) is 3.77. The van der Waals surface area contributed by atoms with E-state index in [-0.39, 0.29) is 11.9 Å². The maximum absolute atomic E-state index is 12.9. The van der Waals surface area contributed by atoms with E-state index in [0.29, 0.717) is 0 Å². The van der Waals surface area contributed by atoms with Gasteiger partial charge in [-0.05, 0) is 31.5 Å². The minimum absolute atomic E-state index is 0.145. The molecule has 0 fully saturated rings. The lowest BCUT2D eigenvalue weighted by Gasteiger charge is -2.18. The van der Waals surface area contributed by atoms with Crippen LogP contribution in [-0.4, -0.2) is 4.98 Å². The van der Waals surface area contributed by atoms with E-state index in [1.165, 1.54) is 12.3 Å². The molecule has 0 aliphatic carbocycles. The number of nitrogens with zero attached hydrogens (tertiary/aromatic N) is 1. The molecule has 0 bridgehead atoms. The van der Waals surface area contributed by atoms with Crippen LogP contribution >= 0.6 is 0 Å². The summed E-state index contributed by atoms with van der Waals surface area (Å²) >= 11 is 0. The Morgan fingerprint density at radius 2 is 1.75 bits per heavy atom. The number of pyridine rings is 1. The lowest BCUT2D eigenvalue weighted by molar-refractivity contribution is -0.137. The van der Waals surface area contributed by atoms with Crippen molar-refractivity contribution in [2.45, 2.75) is 26.1 Å². The van der Waals surface area contributed by atoms with E-state index in [9.17, 15) is 13.2 Å². The van der Waals surface area contributed by atoms with Crippen molar-refractivity contribution < 1.29 is 13.2 Å². The summed E-state index contributed by atoms with van der Waals surface area (Å²) in [5, 5.41) is 2.82. The molecule has 0 amide bonds. The molecule has 2 rings (SSSR count). The molecule has 106 valence electrons. The molecule has 0 saturated carbocycles. The fourth-order valence-corrected chi connectivity index (χ4v) is 1.89. The maximum atomic E-state index is 12.9. The van der Waals surface area contributed by atoms with Crippen LogP contribution < -0.4 is 5.32 Å². The number of hydrogen-bond donors (Lipinski definition) is 1. The van der Waals surface area contributed by atoms with Crippen molar-refractivity contribution in [1.82, 2.24) is 4.98 Å². The summed E-state index contributed by atoms with van der Waals surface area (Å²) in [4.78, 5) is 3.80. The smallest absolute Gasteiger partial charge is 0.363 e. The van der Waals surface area contributed by atoms with E-state index in [1.54, 1.807) is 6.92 Å². The molecule has 2 aromatic rings. The van der Waals surface area contributed by atoms with Crippen molar-refractivity contribution in [1.29, 1.82) is 0 Å². The summed E-state index contributed by atoms with van der Waals surface area (Å²) in [6, 6.07) is 9.69. The SMILES string of the molecule is Cc1ccc(C(C)Nc2ncccc2C(F)(F)F)cc1. The predicted molar refractivity (Wildman–Crippen MR) is 72.5 cm³/mol. The summed E-state index contributed by atoms with van der Waals surface area (Å²) in [5.41, 5.74) is 1.27. The first-order valence-electron chi connectivity index (χ1n) is 6.23. The fourth-order valence-electron chi connectivity index (χ4n) is 1.89. The fraction of sp³-hybridized carbons (Fsp3) is 0.267. The zero-order valence-electron chi connectivity index (χ0n) is 11.2. The van der Waals surface area contributed by atoms with Gasteiger partial charge in [0.1, 0.15) is 5.82 Å². The molecule has 1 heterocycles. The summed E-state index contributed by atoms with van der Waals surface area (Å²) in [5.74, 6) is -0.145. The highest BCUT2D eigenvalue weighted by Crippen LogP contribution is 2.34. The summed E-state index contributed by atoms with van der Waals surface area (Å²) in [7, 11) is 0. The summed E-state index contributed by atoms with van der Waals surface area (Å²) in [6.07, 6.45) is -3.07. The number of nitrogens with one attached hydrogen (secondary N) is 1. The molecule has 1 unspecified atom stereocenters. The van der Waals surface area contributed by atoms with Crippen molar-refractivity contribution in [3.05, 3.63) is 59.3 Å². The van der Waals surface area contributed by atoms with Crippen LogP contribution in [-0.2, 0) is 6.18 Å². The second kappa shape index (κ2) is 5.53. The van der Waals surface area contributed by atoms with Crippen molar-refractivity contribution in [2.75, 3.05) is 5.32 Å². The molecule has 1 N–H and O–H groups in total. The number of rotatable bonds is 3. The highest BCUT2D eigenvalue weighted by atomic mass is 19.4. The van der Waals surface area contributed by atoms with Gasteiger partial charge < -0.3 is 5.32 Å². The van der Waals surface area contributed by atoms with Gasteiger partial charge in [0.15, 0.2) is 0 Å². The number of hydrogen-bond acceptors (Lipinski definition) is 2. The monoisotopic (exact) mass is 280 g/mol. The second-order valence-electron chi connectivity index (χ2n) is 4.67. The number of benzene rings is 1. The van der Waals surface area contributed by atoms with E-state index < -0.39 is 11.7 Å². The first kappa shape index (κ1) is 14.4. The van der Waals surface area contributed by atoms with Crippen LogP contribution in [0.2, 0.25) is 0 Å². The molecule has 2 nitrogen and oxygen atoms in total. The van der Waals surface area contributed by atoms with Gasteiger partial charge in [-0.2, -0.15) is 13.2 Å². The van der Waals surface area contributed by atoms with Crippen LogP contribution in [0.1, 0.15) is 29.7 Å². The van der Waals surface area contributed by atoms with Crippen molar-refractivity contribution >= 4 is 5.82 Å². The van der Waals surface area contributed by atoms with Crippen LogP contribution in [0, 0.1) is 6.92 Å². The van der Waals surface area contributed by atoms with Crippen LogP contribution in [0.15, 0.2) is 42.6 Å². The molecule has 1 aromatic carbocycles. The van der Waals surface area contributed by atoms with E-state index in [1.807, 2.05) is 31.2 Å². The lowest BCUT2D eigenvalue weighted by atomic mass is 10.1. The van der Waals surface area contributed by atoms with Crippen LogP contribution in [0.25, 0.3) is 0 Å². The van der Waals surface area contributed by atoms with Crippen LogP contribution in [0.4, 0.5) is 19.0 Å². The maximum Gasteiger partial charge on any atom is 0.419 e. The van der Waals surface area contributed by atoms with Gasteiger partial charge in [0.05, 0.1) is 5.56 Å². The number of aromatic nitrogens is 1. The number of anilines is 1. The average molecular weight is 280 g/mol. The molecule has 0 aliphatic rings. The highest BCUT2D eigenvalue weighted by Gasteiger charge is 2.34. The predicted octanol–water partition coefficient (Wildman–Crippen LogP) is 4.58. The van der Waals surface area contributed by atoms with Crippen LogP contribution in [0.5, 0.6) is 0 Å². The molecular formula is C15H15F3N2. The minimum Gasteiger partial charge on any atom is -0.363 e. The quantitative estimate of drug-likeness (QED) is 0.890. The van der Waals surface area contributed by atoms with E-state index in [2.05, 4.69) is 10.3 Å². The zero-order chi connectivity index (χ0) is 14.8. The van der Waals surface area contributed by atoms with Crippen LogP contribution in [0.3, 0.4) is 0 Å². The molecule has 5 heteroatoms. The van der Waals surface area contributed by atoms with Crippen molar-refractivity contribution in [2.24, 2.45) is 0 Å². The first-order chi connectivity index (χ1) is 9.38. The van der Waals surface area contributed by atoms with Gasteiger partial charge in [0, 0.05) is 12.2 Å². The Kier molecular flexibility index (Phi) is 3.97. The molecule has 0 saturated heterocycles. The number of aryl methyl sites for hydroxylation is 1. The van der Waals surface area contributed by atoms with Gasteiger partial charge in [-0.3, -0.25) is 0 Å². The largest absolute Gasteiger partial charge is 0.419 e. The van der Waals surface area contributed by atoms with E-state index >= 15 is 0 Å². The van der Waals surface area contributed by atoms with Gasteiger partial charge in [0.25, 0.3) is 0 Å². The third-order valence-electron chi connectivity index (χ3n) is 3.04. The Labute approximate surface area is 115 Å². The Bertz CT molecular complexity index is 576. The number of alkyl halides is 3. The second-order valence-corrected chi connectivity index (χ2v) is 4.67. The molecule has 0 spiro atoms. The molecule has 1 aromatic heterocycles. The average Bonchev–Trinajstić information content (AvgIpc) is 2.38. The van der Waals surface area contributed by atoms with Gasteiger partial charge >= 0.3 is 6.18 Å². The lowest BCUT2D eigenvalue weighted by Crippen LogP contribution is -2.14. The van der Waals surface area contributed by atoms with Crippen molar-refractivity contribution in [3.63, 3.8) is 0 Å². The van der Waals surface area contributed by atoms with E-state index in [4.69, 9.17) is 0 Å². The molecule has 1 atom stereocenters. The van der Waals surface area contributed by atoms with Gasteiger partial charge in [-0.25, -0.2) is 4.98 Å². The first-order valence-corrected chi connectivity index (χ1v) is 6.23. The van der Waals surface area contributed by atoms with Crippen molar-refractivity contribution in [3.8, 4) is 0 Å². The topological polar surface area (TPSA) is 24.9 Å². The normalized spacial score (nSPS) is 13.1. The Morgan fingerprint density at radius 3 is 2.35 bits per heavy atom. The zero-order valence-corrected chi connectivity index (χ0v) is 11.2. The molecule has 0 aliphatic heterocycles. The van der Waals surface area contributed by atoms with E-state index in [0.717, 1.165) is 17.2 Å². The highest BCUT2D eigenvalue weighted by molar-refractivity contribution is 5.47. The number of halogens is 3. The molecule has 0 radical (unpaired) electrons.